The molecule has 20 nitrogen and oxygen atoms in total. The van der Waals surface area contributed by atoms with Crippen LogP contribution in [-0.2, 0) is 38.5 Å². The summed E-state index contributed by atoms with van der Waals surface area (Å²) in [6.45, 7) is 28.2. The molecule has 0 saturated heterocycles. The number of thiophene rings is 4. The van der Waals surface area contributed by atoms with E-state index in [9.17, 15) is 19.2 Å². The number of aryl methyl sites for hydroxylation is 8. The molecule has 24 heteroatoms. The van der Waals surface area contributed by atoms with Crippen molar-refractivity contribution in [1.82, 2.24) is 39.9 Å². The number of carboxylic acids is 4. The number of anilines is 8. The van der Waals surface area contributed by atoms with Gasteiger partial charge in [0.1, 0.15) is 23.3 Å². The van der Waals surface area contributed by atoms with E-state index < -0.39 is 23.9 Å². The Bertz CT molecular complexity index is 5050. The van der Waals surface area contributed by atoms with Gasteiger partial charge in [-0.05, 0) is 226 Å². The lowest BCUT2D eigenvalue weighted by molar-refractivity contribution is 0.0686. The van der Waals surface area contributed by atoms with E-state index in [0.717, 1.165) is 136 Å². The molecule has 532 valence electrons. The van der Waals surface area contributed by atoms with Gasteiger partial charge in [0.2, 0.25) is 0 Å². The second-order valence-electron chi connectivity index (χ2n) is 23.6. The molecule has 8 heterocycles. The summed E-state index contributed by atoms with van der Waals surface area (Å²) < 4.78 is 0. The molecule has 0 fully saturated rings. The van der Waals surface area contributed by atoms with E-state index in [4.69, 9.17) is 50.3 Å². The van der Waals surface area contributed by atoms with Gasteiger partial charge in [0.05, 0.1) is 41.8 Å². The highest BCUT2D eigenvalue weighted by Crippen LogP contribution is 2.35. The molecule has 0 bridgehead atoms. The highest BCUT2D eigenvalue weighted by Gasteiger charge is 2.20. The smallest absolute Gasteiger partial charge is 0.335 e. The predicted molar refractivity (Wildman–Crippen MR) is 422 cm³/mol. The summed E-state index contributed by atoms with van der Waals surface area (Å²) in [5.74, 6) is 2.02. The normalized spacial score (nSPS) is 10.6. The summed E-state index contributed by atoms with van der Waals surface area (Å²) in [5.41, 5.74) is 12.1. The van der Waals surface area contributed by atoms with Crippen molar-refractivity contribution < 1.29 is 39.6 Å². The zero-order valence-corrected chi connectivity index (χ0v) is 62.6. The minimum absolute atomic E-state index is 0.246. The van der Waals surface area contributed by atoms with Gasteiger partial charge in [-0.3, -0.25) is 0 Å². The average molecular weight is 1470 g/mol. The number of aromatic carboxylic acids is 4. The minimum Gasteiger partial charge on any atom is -0.478 e. The van der Waals surface area contributed by atoms with E-state index in [1.165, 1.54) is 19.5 Å². The van der Waals surface area contributed by atoms with Crippen LogP contribution < -0.4 is 21.3 Å². The molecule has 0 unspecified atom stereocenters. The van der Waals surface area contributed by atoms with Gasteiger partial charge >= 0.3 is 23.9 Å². The van der Waals surface area contributed by atoms with E-state index in [1.54, 1.807) is 142 Å². The lowest BCUT2D eigenvalue weighted by atomic mass is 10.1. The molecular weight excluding hydrogens is 1390 g/mol. The van der Waals surface area contributed by atoms with Crippen LogP contribution in [0.4, 0.5) is 46.0 Å². The van der Waals surface area contributed by atoms with E-state index >= 15 is 0 Å². The number of hydrogen-bond donors (Lipinski definition) is 8. The van der Waals surface area contributed by atoms with Crippen LogP contribution in [0.5, 0.6) is 0 Å². The quantitative estimate of drug-likeness (QED) is 0.0261. The van der Waals surface area contributed by atoms with Crippen molar-refractivity contribution in [3.8, 4) is 42.8 Å². The van der Waals surface area contributed by atoms with Crippen molar-refractivity contribution >= 4 is 115 Å². The zero-order valence-electron chi connectivity index (χ0n) is 59.3. The second kappa shape index (κ2) is 35.9. The SMILES string of the molecule is C=CCc1c(C)nc(-c2ccc(C)s2)nc1Nc1ccc(C(=O)O)cc1.C=CCc1c(CC)nc(-c2ccc(C)s2)nc1Nc1ccc(C(=O)O)cc1.CCc1c(C)nc(-c2ccc(C)s2)nc1Nc1ccc(C(=O)O)cc1.CCc1nc(-c2ccc(C)s2)nc(Nc2ccc(C(=O)O)cc2)c1CC. The maximum absolute atomic E-state index is 11.0. The largest absolute Gasteiger partial charge is 0.478 e. The van der Waals surface area contributed by atoms with Gasteiger partial charge in [-0.2, -0.15) is 0 Å². The number of carbonyl (C=O) groups is 4. The van der Waals surface area contributed by atoms with Gasteiger partial charge in [0.25, 0.3) is 0 Å². The first-order chi connectivity index (χ1) is 50.0. The summed E-state index contributed by atoms with van der Waals surface area (Å²) in [6.07, 6.45) is 8.21. The van der Waals surface area contributed by atoms with Gasteiger partial charge in [-0.25, -0.2) is 59.0 Å². The third-order valence-corrected chi connectivity index (χ3v) is 20.1. The molecule has 0 aliphatic heterocycles. The molecule has 0 aliphatic rings. The molecule has 104 heavy (non-hydrogen) atoms. The topological polar surface area (TPSA) is 300 Å². The fourth-order valence-corrected chi connectivity index (χ4v) is 14.0. The average Bonchev–Trinajstić information content (AvgIpc) is 1.26. The molecule has 8 N–H and O–H groups in total. The molecule has 0 spiro atoms. The number of nitrogens with one attached hydrogen (secondary N) is 4. The van der Waals surface area contributed by atoms with Crippen molar-refractivity contribution in [2.75, 3.05) is 21.3 Å². The summed E-state index contributed by atoms with van der Waals surface area (Å²) in [7, 11) is 0. The molecule has 12 aromatic rings. The van der Waals surface area contributed by atoms with Crippen LogP contribution in [0.2, 0.25) is 0 Å². The monoisotopic (exact) mass is 1460 g/mol. The first-order valence-corrected chi connectivity index (χ1v) is 36.7. The number of rotatable bonds is 24. The van der Waals surface area contributed by atoms with E-state index in [1.807, 2.05) is 56.3 Å². The third kappa shape index (κ3) is 20.0. The highest BCUT2D eigenvalue weighted by molar-refractivity contribution is 7.16. The Labute approximate surface area is 620 Å². The standard InChI is InChI=1S/C21H21N3O2S.C20H19N3O2S.C20H21N3O2S.C19H19N3O2S/c1-4-6-16-17(5-2)23-20(18-12-7-13(3)27-18)24-19(16)22-15-10-8-14(9-11-15)21(25)26;1-4-5-16-13(3)21-19(17-11-6-12(2)26-17)23-18(16)22-15-9-7-14(8-10-15)20(24)25;1-4-15-16(5-2)22-19(17-11-6-12(3)26-17)23-18(15)21-14-9-7-13(8-10-14)20(24)25;1-4-15-12(3)20-18(16-10-5-11(2)25-16)22-17(15)21-14-8-6-13(7-9-14)19(23)24/h4,7-12H,1,5-6H2,2-3H3,(H,25,26)(H,22,23,24);4,6-11H,1,5H2,2-3H3,(H,24,25)(H,21,22,23);6-11H,4-5H2,1-3H3,(H,24,25)(H,21,22,23);5-10H,4H2,1-3H3,(H,23,24)(H,20,21,22). The Morgan fingerprint density at radius 1 is 0.327 bits per heavy atom. The highest BCUT2D eigenvalue weighted by atomic mass is 32.1. The van der Waals surface area contributed by atoms with Crippen LogP contribution in [0.15, 0.2) is 171 Å². The number of carboxylic acid groups (broad SMARTS) is 4. The van der Waals surface area contributed by atoms with Gasteiger partial charge in [0.15, 0.2) is 23.3 Å². The third-order valence-electron chi connectivity index (χ3n) is 16.1. The van der Waals surface area contributed by atoms with E-state index in [-0.39, 0.29) is 22.3 Å². The van der Waals surface area contributed by atoms with E-state index in [0.29, 0.717) is 36.1 Å². The zero-order chi connectivity index (χ0) is 74.7. The van der Waals surface area contributed by atoms with Crippen LogP contribution in [0, 0.1) is 41.5 Å². The Morgan fingerprint density at radius 2 is 0.577 bits per heavy atom. The maximum atomic E-state index is 11.0. The predicted octanol–water partition coefficient (Wildman–Crippen LogP) is 20.1. The van der Waals surface area contributed by atoms with Crippen molar-refractivity contribution in [1.29, 1.82) is 0 Å². The Hall–Kier alpha value is -11.4. The van der Waals surface area contributed by atoms with E-state index in [2.05, 4.69) is 118 Å². The maximum Gasteiger partial charge on any atom is 0.335 e. The number of allylic oxidation sites excluding steroid dienone is 2. The number of nitrogens with zero attached hydrogens (tertiary/aromatic N) is 8. The van der Waals surface area contributed by atoms with Crippen LogP contribution >= 0.6 is 45.3 Å². The summed E-state index contributed by atoms with van der Waals surface area (Å²) >= 11 is 6.65. The van der Waals surface area contributed by atoms with Gasteiger partial charge in [0, 0.05) is 87.3 Å². The fraction of sp³-hybridized carbons (Fsp3) is 0.200. The fourth-order valence-electron chi connectivity index (χ4n) is 10.8. The van der Waals surface area contributed by atoms with Crippen molar-refractivity contribution in [2.24, 2.45) is 0 Å². The first kappa shape index (κ1) is 76.7. The van der Waals surface area contributed by atoms with Gasteiger partial charge in [-0.15, -0.1) is 58.5 Å². The lowest BCUT2D eigenvalue weighted by Crippen LogP contribution is -2.07. The van der Waals surface area contributed by atoms with Crippen molar-refractivity contribution in [2.45, 2.75) is 108 Å². The number of hydrogen-bond acceptors (Lipinski definition) is 20. The Morgan fingerprint density at radius 3 is 0.837 bits per heavy atom. The molecule has 12 rings (SSSR count). The summed E-state index contributed by atoms with van der Waals surface area (Å²) in [4.78, 5) is 90.8. The molecule has 0 amide bonds. The number of aromatic nitrogens is 8. The molecule has 4 aromatic carbocycles. The molecule has 0 saturated carbocycles. The van der Waals surface area contributed by atoms with Crippen LogP contribution in [0.1, 0.15) is 134 Å². The summed E-state index contributed by atoms with van der Waals surface area (Å²) in [5, 5.41) is 49.4. The van der Waals surface area contributed by atoms with Crippen LogP contribution in [0.3, 0.4) is 0 Å². The summed E-state index contributed by atoms with van der Waals surface area (Å²) in [6, 6.07) is 42.9. The molecule has 0 aliphatic carbocycles. The van der Waals surface area contributed by atoms with Crippen molar-refractivity contribution in [3.63, 3.8) is 0 Å². The molecule has 8 aromatic heterocycles. The lowest BCUT2D eigenvalue weighted by Gasteiger charge is -2.15. The van der Waals surface area contributed by atoms with Crippen LogP contribution in [-0.4, -0.2) is 84.2 Å². The van der Waals surface area contributed by atoms with Gasteiger partial charge in [-0.1, -0.05) is 39.8 Å². The first-order valence-electron chi connectivity index (χ1n) is 33.4. The minimum atomic E-state index is -0.947. The molecule has 0 atom stereocenters. The van der Waals surface area contributed by atoms with Gasteiger partial charge < -0.3 is 41.7 Å². The molecular formula is C80H80N12O8S4. The van der Waals surface area contributed by atoms with Crippen molar-refractivity contribution in [3.05, 3.63) is 258 Å². The van der Waals surface area contributed by atoms with Crippen LogP contribution in [0.25, 0.3) is 42.8 Å². The Balaban J connectivity index is 0.000000161. The number of benzene rings is 4. The molecule has 0 radical (unpaired) electrons. The Kier molecular flexibility index (Phi) is 26.5. The second-order valence-corrected chi connectivity index (χ2v) is 28.8.